The van der Waals surface area contributed by atoms with E-state index >= 15 is 0 Å². The summed E-state index contributed by atoms with van der Waals surface area (Å²) < 4.78 is 12.0. The Morgan fingerprint density at radius 1 is 1.24 bits per heavy atom. The third-order valence-electron chi connectivity index (χ3n) is 3.83. The van der Waals surface area contributed by atoms with E-state index in [1.54, 1.807) is 0 Å². The van der Waals surface area contributed by atoms with E-state index in [-0.39, 0.29) is 17.3 Å². The van der Waals surface area contributed by atoms with Gasteiger partial charge in [0.25, 0.3) is 0 Å². The summed E-state index contributed by atoms with van der Waals surface area (Å²) in [5.41, 5.74) is -0.196. The van der Waals surface area contributed by atoms with Crippen molar-refractivity contribution in [1.29, 1.82) is 5.26 Å². The zero-order chi connectivity index (χ0) is 12.5. The predicted molar refractivity (Wildman–Crippen MR) is 63.7 cm³/mol. The minimum absolute atomic E-state index is 0.00108. The molecule has 0 aliphatic heterocycles. The van der Waals surface area contributed by atoms with Crippen LogP contribution in [-0.2, 0) is 15.6 Å². The van der Waals surface area contributed by atoms with Crippen molar-refractivity contribution >= 4 is 16.8 Å². The second-order valence-electron chi connectivity index (χ2n) is 5.63. The highest BCUT2D eigenvalue weighted by atomic mass is 32.2. The van der Waals surface area contributed by atoms with Crippen molar-refractivity contribution in [3.05, 3.63) is 0 Å². The Hall–Kier alpha value is -0.890. The van der Waals surface area contributed by atoms with Crippen molar-refractivity contribution in [2.24, 2.45) is 10.8 Å². The first-order valence-electron chi connectivity index (χ1n) is 5.93. The molecule has 17 heavy (non-hydrogen) atoms. The number of rotatable bonds is 7. The molecule has 2 aliphatic carbocycles. The molecule has 0 amide bonds. The van der Waals surface area contributed by atoms with Gasteiger partial charge in [-0.05, 0) is 36.5 Å². The summed E-state index contributed by atoms with van der Waals surface area (Å²) in [7, 11) is -0.966. The SMILES string of the molecule is N#CCC1(CS(=O)CC2(CC(=O)O)CC2)CC1. The van der Waals surface area contributed by atoms with E-state index in [0.29, 0.717) is 17.9 Å². The molecule has 2 aliphatic rings. The van der Waals surface area contributed by atoms with Crippen molar-refractivity contribution in [1.82, 2.24) is 0 Å². The Kier molecular flexibility index (Phi) is 3.26. The smallest absolute Gasteiger partial charge is 0.303 e. The number of carbonyl (C=O) groups is 1. The van der Waals surface area contributed by atoms with E-state index in [1.807, 2.05) is 0 Å². The highest BCUT2D eigenvalue weighted by Crippen LogP contribution is 2.52. The van der Waals surface area contributed by atoms with Gasteiger partial charge in [-0.1, -0.05) is 0 Å². The summed E-state index contributed by atoms with van der Waals surface area (Å²) in [5.74, 6) is 0.298. The molecular formula is C12H17NO3S. The van der Waals surface area contributed by atoms with E-state index in [2.05, 4.69) is 6.07 Å². The van der Waals surface area contributed by atoms with Crippen LogP contribution in [0.15, 0.2) is 0 Å². The van der Waals surface area contributed by atoms with Crippen LogP contribution >= 0.6 is 0 Å². The highest BCUT2D eigenvalue weighted by molar-refractivity contribution is 7.85. The largest absolute Gasteiger partial charge is 0.481 e. The summed E-state index contributed by atoms with van der Waals surface area (Å²) in [6.45, 7) is 0. The van der Waals surface area contributed by atoms with Gasteiger partial charge in [-0.25, -0.2) is 0 Å². The topological polar surface area (TPSA) is 78.2 Å². The molecule has 0 aromatic heterocycles. The maximum absolute atomic E-state index is 12.0. The lowest BCUT2D eigenvalue weighted by molar-refractivity contribution is -0.138. The van der Waals surface area contributed by atoms with Crippen LogP contribution < -0.4 is 0 Å². The van der Waals surface area contributed by atoms with Crippen LogP contribution in [0.4, 0.5) is 0 Å². The molecule has 1 atom stereocenters. The van der Waals surface area contributed by atoms with E-state index in [0.717, 1.165) is 25.7 Å². The normalized spacial score (nSPS) is 24.6. The molecule has 1 unspecified atom stereocenters. The van der Waals surface area contributed by atoms with Crippen molar-refractivity contribution in [3.63, 3.8) is 0 Å². The van der Waals surface area contributed by atoms with Gasteiger partial charge in [0.15, 0.2) is 0 Å². The first-order valence-corrected chi connectivity index (χ1v) is 7.42. The van der Waals surface area contributed by atoms with Crippen LogP contribution in [0.5, 0.6) is 0 Å². The summed E-state index contributed by atoms with van der Waals surface area (Å²) in [6, 6.07) is 2.16. The molecule has 94 valence electrons. The number of aliphatic carboxylic acids is 1. The molecule has 0 heterocycles. The molecule has 0 spiro atoms. The molecule has 2 saturated carbocycles. The van der Waals surface area contributed by atoms with Crippen LogP contribution in [0, 0.1) is 22.2 Å². The summed E-state index contributed by atoms with van der Waals surface area (Å²) in [6.07, 6.45) is 4.40. The first kappa shape index (κ1) is 12.6. The second-order valence-corrected chi connectivity index (χ2v) is 7.09. The minimum atomic E-state index is -0.966. The molecule has 0 saturated heterocycles. The zero-order valence-corrected chi connectivity index (χ0v) is 10.6. The van der Waals surface area contributed by atoms with Gasteiger partial charge in [-0.15, -0.1) is 0 Å². The van der Waals surface area contributed by atoms with Crippen molar-refractivity contribution in [3.8, 4) is 6.07 Å². The standard InChI is InChI=1S/C12H17NO3S/c13-6-5-11(1-2-11)8-17(16)9-12(3-4-12)7-10(14)15/h1-5,7-9H2,(H,14,15). The Labute approximate surface area is 103 Å². The zero-order valence-electron chi connectivity index (χ0n) is 9.78. The van der Waals surface area contributed by atoms with Crippen LogP contribution in [0.3, 0.4) is 0 Å². The van der Waals surface area contributed by atoms with Gasteiger partial charge in [0.1, 0.15) is 0 Å². The van der Waals surface area contributed by atoms with Crippen LogP contribution in [0.2, 0.25) is 0 Å². The lowest BCUT2D eigenvalue weighted by atomic mass is 10.1. The second kappa shape index (κ2) is 4.41. The maximum Gasteiger partial charge on any atom is 0.303 e. The van der Waals surface area contributed by atoms with Gasteiger partial charge < -0.3 is 5.11 Å². The number of nitrogens with zero attached hydrogens (tertiary/aromatic N) is 1. The fourth-order valence-corrected chi connectivity index (χ4v) is 4.57. The minimum Gasteiger partial charge on any atom is -0.481 e. The third kappa shape index (κ3) is 3.29. The Balaban J connectivity index is 1.82. The van der Waals surface area contributed by atoms with Crippen molar-refractivity contribution in [2.75, 3.05) is 11.5 Å². The van der Waals surface area contributed by atoms with Crippen molar-refractivity contribution < 1.29 is 14.1 Å². The van der Waals surface area contributed by atoms with Crippen molar-refractivity contribution in [2.45, 2.75) is 38.5 Å². The molecule has 0 aromatic carbocycles. The third-order valence-corrected chi connectivity index (χ3v) is 5.70. The summed E-state index contributed by atoms with van der Waals surface area (Å²) in [5, 5.41) is 17.5. The Bertz CT molecular complexity index is 391. The quantitative estimate of drug-likeness (QED) is 0.750. The first-order chi connectivity index (χ1) is 7.99. The monoisotopic (exact) mass is 255 g/mol. The number of carboxylic acids is 1. The van der Waals surface area contributed by atoms with Gasteiger partial charge in [0.2, 0.25) is 0 Å². The predicted octanol–water partition coefficient (Wildman–Crippen LogP) is 1.68. The number of carboxylic acid groups (broad SMARTS) is 1. The van der Waals surface area contributed by atoms with E-state index in [9.17, 15) is 9.00 Å². The van der Waals surface area contributed by atoms with Crippen LogP contribution in [-0.4, -0.2) is 26.8 Å². The molecule has 1 N–H and O–H groups in total. The number of hydrogen-bond acceptors (Lipinski definition) is 3. The van der Waals surface area contributed by atoms with E-state index in [1.165, 1.54) is 0 Å². The molecule has 2 rings (SSSR count). The highest BCUT2D eigenvalue weighted by Gasteiger charge is 2.48. The summed E-state index contributed by atoms with van der Waals surface area (Å²) >= 11 is 0. The number of hydrogen-bond donors (Lipinski definition) is 1. The van der Waals surface area contributed by atoms with Gasteiger partial charge in [0.05, 0.1) is 12.5 Å². The lowest BCUT2D eigenvalue weighted by Gasteiger charge is -2.15. The van der Waals surface area contributed by atoms with Gasteiger partial charge in [-0.2, -0.15) is 5.26 Å². The molecule has 5 heteroatoms. The molecule has 2 fully saturated rings. The number of nitriles is 1. The molecule has 0 bridgehead atoms. The fraction of sp³-hybridized carbons (Fsp3) is 0.833. The lowest BCUT2D eigenvalue weighted by Crippen LogP contribution is -2.21. The molecule has 0 radical (unpaired) electrons. The van der Waals surface area contributed by atoms with E-state index in [4.69, 9.17) is 10.4 Å². The average Bonchev–Trinajstić information content (AvgIpc) is 3.07. The Morgan fingerprint density at radius 2 is 1.76 bits per heavy atom. The molecular weight excluding hydrogens is 238 g/mol. The van der Waals surface area contributed by atoms with Crippen LogP contribution in [0.25, 0.3) is 0 Å². The molecule has 0 aromatic rings. The van der Waals surface area contributed by atoms with Gasteiger partial charge in [-0.3, -0.25) is 9.00 Å². The Morgan fingerprint density at radius 3 is 2.18 bits per heavy atom. The fourth-order valence-electron chi connectivity index (χ4n) is 2.32. The maximum atomic E-state index is 12.0. The van der Waals surface area contributed by atoms with Gasteiger partial charge in [0, 0.05) is 28.7 Å². The van der Waals surface area contributed by atoms with E-state index < -0.39 is 16.8 Å². The van der Waals surface area contributed by atoms with Gasteiger partial charge >= 0.3 is 5.97 Å². The average molecular weight is 255 g/mol. The summed E-state index contributed by atoms with van der Waals surface area (Å²) in [4.78, 5) is 10.7. The van der Waals surface area contributed by atoms with Crippen LogP contribution in [0.1, 0.15) is 38.5 Å². The molecule has 4 nitrogen and oxygen atoms in total.